The summed E-state index contributed by atoms with van der Waals surface area (Å²) in [4.78, 5) is 0. The van der Waals surface area contributed by atoms with Crippen molar-refractivity contribution in [3.05, 3.63) is 16.4 Å². The Morgan fingerprint density at radius 3 is 2.80 bits per heavy atom. The minimum Gasteiger partial charge on any atom is -0.369 e. The van der Waals surface area contributed by atoms with Gasteiger partial charge in [0, 0.05) is 6.42 Å². The highest BCUT2D eigenvalue weighted by molar-refractivity contribution is 7.91. The molecule has 1 saturated heterocycles. The number of guanidine groups is 1. The van der Waals surface area contributed by atoms with Gasteiger partial charge in [0.15, 0.2) is 15.9 Å². The molecular formula is C10H16ClN6O2S+. The quantitative estimate of drug-likeness (QED) is 0.292. The van der Waals surface area contributed by atoms with Gasteiger partial charge in [0.25, 0.3) is 0 Å². The lowest BCUT2D eigenvalue weighted by Crippen LogP contribution is -2.43. The summed E-state index contributed by atoms with van der Waals surface area (Å²) in [6.07, 6.45) is 1.96. The number of nitrogens with two attached hydrogens (primary N) is 2. The van der Waals surface area contributed by atoms with E-state index < -0.39 is 9.84 Å². The summed E-state index contributed by atoms with van der Waals surface area (Å²) >= 11 is 6.25. The van der Waals surface area contributed by atoms with Crippen molar-refractivity contribution in [2.75, 3.05) is 11.5 Å². The van der Waals surface area contributed by atoms with Gasteiger partial charge in [0.1, 0.15) is 11.3 Å². The fourth-order valence-corrected chi connectivity index (χ4v) is 4.18. The highest BCUT2D eigenvalue weighted by Gasteiger charge is 2.38. The lowest BCUT2D eigenvalue weighted by molar-refractivity contribution is -0.767. The molecule has 5 N–H and O–H groups in total. The molecule has 0 bridgehead atoms. The molecule has 1 aliphatic rings. The normalized spacial score (nSPS) is 21.4. The Bertz CT molecular complexity index is 674. The first-order chi connectivity index (χ1) is 9.30. The third kappa shape index (κ3) is 3.10. The number of halogens is 1. The highest BCUT2D eigenvalue weighted by atomic mass is 35.5. The first-order valence-corrected chi connectivity index (χ1v) is 8.12. The van der Waals surface area contributed by atoms with Crippen LogP contribution in [0.2, 0.25) is 5.15 Å². The van der Waals surface area contributed by atoms with E-state index in [0.29, 0.717) is 17.1 Å². The molecule has 0 spiro atoms. The summed E-state index contributed by atoms with van der Waals surface area (Å²) < 4.78 is 24.7. The Kier molecular flexibility index (Phi) is 4.00. The predicted molar refractivity (Wildman–Crippen MR) is 76.4 cm³/mol. The number of nitrogens with zero attached hydrogens (tertiary/aromatic N) is 3. The molecule has 1 atom stereocenters. The van der Waals surface area contributed by atoms with Crippen molar-refractivity contribution >= 4 is 33.6 Å². The number of sulfone groups is 1. The SMILES string of the molecule is Cc1[nH][n+]([C@H]2CCS(=O)(=O)C2)c(Cl)c1/C=N/N=C(N)N. The van der Waals surface area contributed by atoms with Gasteiger partial charge in [-0.25, -0.2) is 8.42 Å². The summed E-state index contributed by atoms with van der Waals surface area (Å²) in [6, 6.07) is -0.184. The number of aromatic nitrogens is 2. The minimum atomic E-state index is -2.98. The molecule has 0 radical (unpaired) electrons. The number of nitrogens with one attached hydrogen (secondary N) is 1. The average molecular weight is 320 g/mol. The fraction of sp³-hybridized carbons (Fsp3) is 0.500. The van der Waals surface area contributed by atoms with Crippen molar-refractivity contribution in [3.63, 3.8) is 0 Å². The number of hydrogen-bond donors (Lipinski definition) is 3. The molecular weight excluding hydrogens is 304 g/mol. The van der Waals surface area contributed by atoms with Gasteiger partial charge in [-0.15, -0.1) is 5.10 Å². The Hall–Kier alpha value is -1.61. The number of aromatic amines is 1. The third-order valence-electron chi connectivity index (χ3n) is 3.06. The summed E-state index contributed by atoms with van der Waals surface area (Å²) in [6.45, 7) is 1.81. The van der Waals surface area contributed by atoms with Gasteiger partial charge >= 0.3 is 5.15 Å². The molecule has 0 aromatic carbocycles. The van der Waals surface area contributed by atoms with Crippen LogP contribution in [-0.4, -0.2) is 37.2 Å². The van der Waals surface area contributed by atoms with E-state index in [4.69, 9.17) is 23.1 Å². The molecule has 0 aliphatic carbocycles. The van der Waals surface area contributed by atoms with Crippen LogP contribution in [0.25, 0.3) is 0 Å². The monoisotopic (exact) mass is 319 g/mol. The second kappa shape index (κ2) is 5.41. The fourth-order valence-electron chi connectivity index (χ4n) is 2.11. The summed E-state index contributed by atoms with van der Waals surface area (Å²) in [7, 11) is -2.98. The van der Waals surface area contributed by atoms with Gasteiger partial charge in [0.2, 0.25) is 5.96 Å². The van der Waals surface area contributed by atoms with Gasteiger partial charge in [-0.2, -0.15) is 10.2 Å². The Labute approximate surface area is 121 Å². The first kappa shape index (κ1) is 14.8. The number of aryl methyl sites for hydroxylation is 1. The molecule has 1 aliphatic heterocycles. The molecule has 2 heterocycles. The molecule has 110 valence electrons. The second-order valence-electron chi connectivity index (χ2n) is 4.64. The van der Waals surface area contributed by atoms with E-state index in [1.54, 1.807) is 4.68 Å². The summed E-state index contributed by atoms with van der Waals surface area (Å²) in [5, 5.41) is 10.6. The van der Waals surface area contributed by atoms with Crippen LogP contribution in [0.3, 0.4) is 0 Å². The van der Waals surface area contributed by atoms with Crippen molar-refractivity contribution in [3.8, 4) is 0 Å². The third-order valence-corrected chi connectivity index (χ3v) is 5.20. The molecule has 1 aromatic rings. The molecule has 2 rings (SSSR count). The maximum atomic E-state index is 11.5. The minimum absolute atomic E-state index is 0.0851. The van der Waals surface area contributed by atoms with Crippen LogP contribution >= 0.6 is 11.6 Å². The summed E-state index contributed by atoms with van der Waals surface area (Å²) in [5.41, 5.74) is 11.7. The van der Waals surface area contributed by atoms with E-state index in [2.05, 4.69) is 15.3 Å². The van der Waals surface area contributed by atoms with E-state index >= 15 is 0 Å². The number of H-pyrrole nitrogens is 1. The predicted octanol–water partition coefficient (Wildman–Crippen LogP) is -0.769. The standard InChI is InChI=1S/C10H15ClN6O2S/c1-6-8(4-14-15-10(12)13)9(11)17(16-6)7-2-3-20(18,19)5-7/h4,7H,2-3,5H2,1H3,(H4,12,13,15)/p+1/b14-4+/t7-/m0/s1. The molecule has 0 unspecified atom stereocenters. The van der Waals surface area contributed by atoms with Crippen LogP contribution < -0.4 is 16.1 Å². The molecule has 8 nitrogen and oxygen atoms in total. The number of rotatable bonds is 3. The number of hydrogen-bond acceptors (Lipinski definition) is 4. The Morgan fingerprint density at radius 1 is 1.55 bits per heavy atom. The molecule has 1 aromatic heterocycles. The highest BCUT2D eigenvalue weighted by Crippen LogP contribution is 2.22. The van der Waals surface area contributed by atoms with Crippen molar-refractivity contribution in [1.82, 2.24) is 5.10 Å². The largest absolute Gasteiger partial charge is 0.369 e. The van der Waals surface area contributed by atoms with Crippen molar-refractivity contribution in [2.45, 2.75) is 19.4 Å². The van der Waals surface area contributed by atoms with Gasteiger partial charge in [-0.3, -0.25) is 0 Å². The van der Waals surface area contributed by atoms with Gasteiger partial charge in [-0.1, -0.05) is 4.68 Å². The zero-order chi connectivity index (χ0) is 14.9. The van der Waals surface area contributed by atoms with E-state index in [0.717, 1.165) is 5.69 Å². The Balaban J connectivity index is 2.30. The van der Waals surface area contributed by atoms with Crippen LogP contribution in [0.5, 0.6) is 0 Å². The van der Waals surface area contributed by atoms with E-state index in [9.17, 15) is 8.42 Å². The Morgan fingerprint density at radius 2 is 2.25 bits per heavy atom. The van der Waals surface area contributed by atoms with E-state index in [1.165, 1.54) is 6.21 Å². The zero-order valence-electron chi connectivity index (χ0n) is 10.9. The van der Waals surface area contributed by atoms with Crippen LogP contribution in [0.15, 0.2) is 10.2 Å². The molecule has 10 heteroatoms. The van der Waals surface area contributed by atoms with Gasteiger partial charge in [0.05, 0.1) is 17.7 Å². The van der Waals surface area contributed by atoms with Gasteiger partial charge < -0.3 is 11.5 Å². The first-order valence-electron chi connectivity index (χ1n) is 5.92. The van der Waals surface area contributed by atoms with Crippen molar-refractivity contribution in [2.24, 2.45) is 21.7 Å². The van der Waals surface area contributed by atoms with Crippen molar-refractivity contribution < 1.29 is 13.1 Å². The smallest absolute Gasteiger partial charge is 0.309 e. The van der Waals surface area contributed by atoms with Crippen molar-refractivity contribution in [1.29, 1.82) is 0 Å². The molecule has 1 fully saturated rings. The average Bonchev–Trinajstić information content (AvgIpc) is 2.82. The van der Waals surface area contributed by atoms with E-state index in [-0.39, 0.29) is 23.5 Å². The molecule has 0 saturated carbocycles. The lowest BCUT2D eigenvalue weighted by atomic mass is 10.2. The maximum absolute atomic E-state index is 11.5. The molecule has 20 heavy (non-hydrogen) atoms. The van der Waals surface area contributed by atoms with Crippen LogP contribution in [-0.2, 0) is 9.84 Å². The van der Waals surface area contributed by atoms with Gasteiger partial charge in [-0.05, 0) is 18.5 Å². The van der Waals surface area contributed by atoms with E-state index in [1.807, 2.05) is 6.92 Å². The van der Waals surface area contributed by atoms with Crippen LogP contribution in [0.4, 0.5) is 0 Å². The topological polar surface area (TPSA) is 131 Å². The molecule has 0 amide bonds. The van der Waals surface area contributed by atoms with Crippen LogP contribution in [0.1, 0.15) is 23.7 Å². The zero-order valence-corrected chi connectivity index (χ0v) is 12.4. The van der Waals surface area contributed by atoms with Crippen LogP contribution in [0, 0.1) is 6.92 Å². The second-order valence-corrected chi connectivity index (χ2v) is 7.22. The maximum Gasteiger partial charge on any atom is 0.309 e. The summed E-state index contributed by atoms with van der Waals surface area (Å²) in [5.74, 6) is 0.110. The lowest BCUT2D eigenvalue weighted by Gasteiger charge is -1.98.